The molecule has 0 spiro atoms. The van der Waals surface area contributed by atoms with Crippen LogP contribution >= 0.6 is 11.6 Å². The predicted octanol–water partition coefficient (Wildman–Crippen LogP) is 5.95. The monoisotopic (exact) mass is 512 g/mol. The first-order valence-electron chi connectivity index (χ1n) is 11.7. The van der Waals surface area contributed by atoms with Crippen molar-refractivity contribution in [3.05, 3.63) is 95.5 Å². The summed E-state index contributed by atoms with van der Waals surface area (Å²) in [5.74, 6) is 0.105. The third kappa shape index (κ3) is 6.54. The van der Waals surface area contributed by atoms with Gasteiger partial charge < -0.3 is 15.5 Å². The minimum absolute atomic E-state index is 0.150. The number of urea groups is 1. The van der Waals surface area contributed by atoms with Crippen molar-refractivity contribution in [3.63, 3.8) is 0 Å². The standard InChI is InChI=1S/C28H25ClN6O2/c1-2-16-34(28(37)31-23-12-8-20(18-30)9-13-23)19-27(36)32-26-17-25(21-6-4-3-5-7-21)33-35(26)24-14-10-22(29)11-15-24/h3-15,17H,2,16,19H2,1H3,(H,31,37)(H,32,36). The van der Waals surface area contributed by atoms with Crippen LogP contribution in [0.1, 0.15) is 18.9 Å². The van der Waals surface area contributed by atoms with Crippen molar-refractivity contribution in [2.75, 3.05) is 23.7 Å². The van der Waals surface area contributed by atoms with Crippen LogP contribution in [0.2, 0.25) is 5.02 Å². The topological polar surface area (TPSA) is 103 Å². The van der Waals surface area contributed by atoms with Gasteiger partial charge in [-0.05, 0) is 55.0 Å². The molecule has 3 amide bonds. The Morgan fingerprint density at radius 2 is 1.70 bits per heavy atom. The van der Waals surface area contributed by atoms with Crippen molar-refractivity contribution in [2.45, 2.75) is 13.3 Å². The Labute approximate surface area is 220 Å². The summed E-state index contributed by atoms with van der Waals surface area (Å²) in [7, 11) is 0. The van der Waals surface area contributed by atoms with E-state index in [1.807, 2.05) is 55.5 Å². The van der Waals surface area contributed by atoms with Crippen molar-refractivity contribution >= 4 is 35.0 Å². The minimum Gasteiger partial charge on any atom is -0.315 e. The van der Waals surface area contributed by atoms with Gasteiger partial charge in [0, 0.05) is 28.9 Å². The number of nitrogens with one attached hydrogen (secondary N) is 2. The summed E-state index contributed by atoms with van der Waals surface area (Å²) in [6, 6.07) is 26.7. The number of rotatable bonds is 8. The Bertz CT molecular complexity index is 1410. The molecular formula is C28H25ClN6O2. The number of hydrogen-bond donors (Lipinski definition) is 2. The lowest BCUT2D eigenvalue weighted by molar-refractivity contribution is -0.116. The van der Waals surface area contributed by atoms with Crippen LogP contribution in [0.3, 0.4) is 0 Å². The molecule has 0 saturated carbocycles. The molecule has 0 aliphatic heterocycles. The Kier molecular flexibility index (Phi) is 8.18. The minimum atomic E-state index is -0.405. The quantitative estimate of drug-likeness (QED) is 0.304. The van der Waals surface area contributed by atoms with Crippen molar-refractivity contribution in [1.29, 1.82) is 5.26 Å². The number of anilines is 2. The van der Waals surface area contributed by atoms with Gasteiger partial charge >= 0.3 is 6.03 Å². The van der Waals surface area contributed by atoms with Crippen molar-refractivity contribution in [2.24, 2.45) is 0 Å². The highest BCUT2D eigenvalue weighted by atomic mass is 35.5. The first kappa shape index (κ1) is 25.5. The summed E-state index contributed by atoms with van der Waals surface area (Å²) < 4.78 is 1.64. The van der Waals surface area contributed by atoms with E-state index in [2.05, 4.69) is 10.6 Å². The predicted molar refractivity (Wildman–Crippen MR) is 145 cm³/mol. The molecule has 8 nitrogen and oxygen atoms in total. The van der Waals surface area contributed by atoms with E-state index in [0.29, 0.717) is 40.8 Å². The van der Waals surface area contributed by atoms with Gasteiger partial charge in [0.15, 0.2) is 0 Å². The molecule has 4 aromatic rings. The molecule has 0 fully saturated rings. The summed E-state index contributed by atoms with van der Waals surface area (Å²) in [5, 5.41) is 19.9. The van der Waals surface area contributed by atoms with Crippen LogP contribution in [0.4, 0.5) is 16.3 Å². The van der Waals surface area contributed by atoms with Gasteiger partial charge in [-0.3, -0.25) is 4.79 Å². The molecule has 0 bridgehead atoms. The van der Waals surface area contributed by atoms with Crippen LogP contribution in [0.25, 0.3) is 16.9 Å². The fourth-order valence-electron chi connectivity index (χ4n) is 3.71. The second kappa shape index (κ2) is 11.9. The summed E-state index contributed by atoms with van der Waals surface area (Å²) in [5.41, 5.74) is 3.36. The van der Waals surface area contributed by atoms with Crippen LogP contribution < -0.4 is 10.6 Å². The number of hydrogen-bond acceptors (Lipinski definition) is 4. The number of carbonyl (C=O) groups is 2. The molecule has 9 heteroatoms. The van der Waals surface area contributed by atoms with E-state index in [1.165, 1.54) is 4.90 Å². The molecule has 0 unspecified atom stereocenters. The molecule has 3 aromatic carbocycles. The van der Waals surface area contributed by atoms with Crippen LogP contribution in [0, 0.1) is 11.3 Å². The molecule has 186 valence electrons. The molecular weight excluding hydrogens is 488 g/mol. The van der Waals surface area contributed by atoms with E-state index in [1.54, 1.807) is 47.1 Å². The number of nitriles is 1. The van der Waals surface area contributed by atoms with Crippen LogP contribution in [0.5, 0.6) is 0 Å². The summed E-state index contributed by atoms with van der Waals surface area (Å²) in [6.07, 6.45) is 0.676. The summed E-state index contributed by atoms with van der Waals surface area (Å²) in [6.45, 7) is 2.17. The molecule has 0 aliphatic rings. The first-order valence-corrected chi connectivity index (χ1v) is 12.1. The molecule has 0 atom stereocenters. The number of carbonyl (C=O) groups excluding carboxylic acids is 2. The van der Waals surface area contributed by atoms with Gasteiger partial charge in [0.25, 0.3) is 0 Å². The highest BCUT2D eigenvalue weighted by Crippen LogP contribution is 2.25. The van der Waals surface area contributed by atoms with Crippen molar-refractivity contribution < 1.29 is 9.59 Å². The SMILES string of the molecule is CCCN(CC(=O)Nc1cc(-c2ccccc2)nn1-c1ccc(Cl)cc1)C(=O)Nc1ccc(C#N)cc1. The average Bonchev–Trinajstić information content (AvgIpc) is 3.33. The summed E-state index contributed by atoms with van der Waals surface area (Å²) >= 11 is 6.06. The fraction of sp³-hybridized carbons (Fsp3) is 0.143. The molecule has 2 N–H and O–H groups in total. The van der Waals surface area contributed by atoms with E-state index in [9.17, 15) is 9.59 Å². The van der Waals surface area contributed by atoms with Gasteiger partial charge in [-0.2, -0.15) is 10.4 Å². The lowest BCUT2D eigenvalue weighted by Crippen LogP contribution is -2.41. The zero-order chi connectivity index (χ0) is 26.2. The van der Waals surface area contributed by atoms with Crippen molar-refractivity contribution in [1.82, 2.24) is 14.7 Å². The third-order valence-corrected chi connectivity index (χ3v) is 5.75. The Morgan fingerprint density at radius 3 is 2.35 bits per heavy atom. The second-order valence-electron chi connectivity index (χ2n) is 8.26. The molecule has 37 heavy (non-hydrogen) atoms. The zero-order valence-corrected chi connectivity index (χ0v) is 20.9. The molecule has 0 saturated heterocycles. The summed E-state index contributed by atoms with van der Waals surface area (Å²) in [4.78, 5) is 27.4. The van der Waals surface area contributed by atoms with Crippen molar-refractivity contribution in [3.8, 4) is 23.0 Å². The largest absolute Gasteiger partial charge is 0.322 e. The molecule has 1 aromatic heterocycles. The van der Waals surface area contributed by atoms with Crippen LogP contribution in [0.15, 0.2) is 84.9 Å². The lowest BCUT2D eigenvalue weighted by atomic mass is 10.1. The van der Waals surface area contributed by atoms with Gasteiger partial charge in [0.2, 0.25) is 5.91 Å². The third-order valence-electron chi connectivity index (χ3n) is 5.50. The average molecular weight is 513 g/mol. The highest BCUT2D eigenvalue weighted by molar-refractivity contribution is 6.30. The number of aromatic nitrogens is 2. The van der Waals surface area contributed by atoms with E-state index in [-0.39, 0.29) is 12.5 Å². The molecule has 0 aliphatic carbocycles. The van der Waals surface area contributed by atoms with Gasteiger partial charge in [0.1, 0.15) is 12.4 Å². The Hall–Kier alpha value is -4.61. The molecule has 0 radical (unpaired) electrons. The van der Waals surface area contributed by atoms with E-state index in [0.717, 1.165) is 11.3 Å². The van der Waals surface area contributed by atoms with Gasteiger partial charge in [0.05, 0.1) is 23.0 Å². The zero-order valence-electron chi connectivity index (χ0n) is 20.2. The smallest absolute Gasteiger partial charge is 0.315 e. The van der Waals surface area contributed by atoms with E-state index < -0.39 is 6.03 Å². The first-order chi connectivity index (χ1) is 18.0. The van der Waals surface area contributed by atoms with Gasteiger partial charge in [-0.15, -0.1) is 0 Å². The van der Waals surface area contributed by atoms with E-state index >= 15 is 0 Å². The Balaban J connectivity index is 1.53. The normalized spacial score (nSPS) is 10.4. The highest BCUT2D eigenvalue weighted by Gasteiger charge is 2.19. The maximum atomic E-state index is 13.1. The number of benzene rings is 3. The maximum absolute atomic E-state index is 13.1. The van der Waals surface area contributed by atoms with E-state index in [4.69, 9.17) is 22.0 Å². The molecule has 1 heterocycles. The molecule has 4 rings (SSSR count). The Morgan fingerprint density at radius 1 is 1.00 bits per heavy atom. The lowest BCUT2D eigenvalue weighted by Gasteiger charge is -2.22. The van der Waals surface area contributed by atoms with Crippen LogP contribution in [-0.4, -0.2) is 39.7 Å². The fourth-order valence-corrected chi connectivity index (χ4v) is 3.83. The number of amides is 3. The number of halogens is 1. The number of nitrogens with zero attached hydrogens (tertiary/aromatic N) is 4. The second-order valence-corrected chi connectivity index (χ2v) is 8.69. The van der Waals surface area contributed by atoms with Crippen LogP contribution in [-0.2, 0) is 4.79 Å². The van der Waals surface area contributed by atoms with Gasteiger partial charge in [-0.25, -0.2) is 9.48 Å². The maximum Gasteiger partial charge on any atom is 0.322 e. The van der Waals surface area contributed by atoms with Gasteiger partial charge in [-0.1, -0.05) is 48.9 Å².